The lowest BCUT2D eigenvalue weighted by Crippen LogP contribution is -2.10. The summed E-state index contributed by atoms with van der Waals surface area (Å²) >= 11 is 0. The van der Waals surface area contributed by atoms with Crippen LogP contribution in [0.1, 0.15) is 11.1 Å². The van der Waals surface area contributed by atoms with E-state index in [4.69, 9.17) is 18.9 Å². The maximum Gasteiger partial charge on any atom is 0.514 e. The zero-order valence-corrected chi connectivity index (χ0v) is 25.5. The lowest BCUT2D eigenvalue weighted by Gasteiger charge is -2.12. The lowest BCUT2D eigenvalue weighted by molar-refractivity contribution is -0.384. The number of aromatic nitrogens is 6. The van der Waals surface area contributed by atoms with Crippen molar-refractivity contribution >= 4 is 28.7 Å². The number of benzene rings is 2. The van der Waals surface area contributed by atoms with Crippen LogP contribution in [0.2, 0.25) is 0 Å². The molecular weight excluding hydrogens is 608 g/mol. The number of nitro benzene ring substituents is 1. The second-order valence-electron chi connectivity index (χ2n) is 10.2. The number of rotatable bonds is 11. The van der Waals surface area contributed by atoms with Crippen molar-refractivity contribution in [2.45, 2.75) is 13.2 Å². The summed E-state index contributed by atoms with van der Waals surface area (Å²) in [5.74, 6) is 2.06. The third-order valence-corrected chi connectivity index (χ3v) is 7.18. The van der Waals surface area contributed by atoms with Crippen LogP contribution in [0.15, 0.2) is 85.7 Å². The van der Waals surface area contributed by atoms with E-state index in [1.807, 2.05) is 54.3 Å². The Labute approximate surface area is 267 Å². The molecule has 0 fully saturated rings. The van der Waals surface area contributed by atoms with Gasteiger partial charge >= 0.3 is 6.16 Å². The van der Waals surface area contributed by atoms with Gasteiger partial charge in [-0.05, 0) is 36.4 Å². The lowest BCUT2D eigenvalue weighted by atomic mass is 10.1. The van der Waals surface area contributed by atoms with Crippen LogP contribution in [-0.4, -0.2) is 54.6 Å². The Balaban J connectivity index is 1.27. The molecule has 0 amide bonds. The summed E-state index contributed by atoms with van der Waals surface area (Å²) in [5.41, 5.74) is 4.14. The Morgan fingerprint density at radius 1 is 1.00 bits per heavy atom. The van der Waals surface area contributed by atoms with Crippen LogP contribution >= 0.6 is 0 Å². The van der Waals surface area contributed by atoms with Gasteiger partial charge < -0.3 is 24.3 Å². The molecule has 0 saturated carbocycles. The van der Waals surface area contributed by atoms with E-state index in [0.29, 0.717) is 40.8 Å². The highest BCUT2D eigenvalue weighted by Crippen LogP contribution is 2.35. The Morgan fingerprint density at radius 3 is 2.53 bits per heavy atom. The quantitative estimate of drug-likeness (QED) is 0.0824. The summed E-state index contributed by atoms with van der Waals surface area (Å²) in [4.78, 5) is 36.2. The van der Waals surface area contributed by atoms with E-state index in [1.165, 1.54) is 30.6 Å². The fourth-order valence-electron chi connectivity index (χ4n) is 4.91. The molecule has 0 atom stereocenters. The van der Waals surface area contributed by atoms with Crippen LogP contribution in [0.5, 0.6) is 17.2 Å². The number of nitro groups is 1. The smallest absolute Gasteiger partial charge is 0.497 e. The first-order valence-corrected chi connectivity index (χ1v) is 14.2. The highest BCUT2D eigenvalue weighted by atomic mass is 16.7. The zero-order chi connectivity index (χ0) is 32.9. The van der Waals surface area contributed by atoms with Crippen molar-refractivity contribution < 1.29 is 28.7 Å². The van der Waals surface area contributed by atoms with E-state index in [9.17, 15) is 14.9 Å². The van der Waals surface area contributed by atoms with Crippen molar-refractivity contribution in [1.29, 1.82) is 0 Å². The normalized spacial score (nSPS) is 10.9. The first-order chi connectivity index (χ1) is 22.8. The van der Waals surface area contributed by atoms with E-state index in [-0.39, 0.29) is 18.0 Å². The van der Waals surface area contributed by atoms with Crippen LogP contribution in [-0.2, 0) is 24.9 Å². The number of non-ortho nitro benzene ring substituents is 1. The first-order valence-electron chi connectivity index (χ1n) is 14.2. The molecule has 0 spiro atoms. The maximum atomic E-state index is 12.3. The predicted octanol–water partition coefficient (Wildman–Crippen LogP) is 5.47. The second-order valence-corrected chi connectivity index (χ2v) is 10.2. The Morgan fingerprint density at radius 2 is 1.81 bits per heavy atom. The summed E-state index contributed by atoms with van der Waals surface area (Å²) < 4.78 is 24.9. The number of fused-ring (bicyclic) bond motifs is 1. The second kappa shape index (κ2) is 13.2. The SMILES string of the molecule is COc1ccc(CNc2ncnc3c2c(-c2ccn(C)n2)cn3-c2cncc(COC(=O)Oc3ccc([N+](=O)[O-])cc3)c2)c(OC)c1. The number of anilines is 1. The number of hydrogen-bond acceptors (Lipinski definition) is 12. The molecule has 0 bridgehead atoms. The number of hydrogen-bond donors (Lipinski definition) is 1. The summed E-state index contributed by atoms with van der Waals surface area (Å²) in [5, 5.41) is 19.7. The van der Waals surface area contributed by atoms with Gasteiger partial charge in [-0.2, -0.15) is 5.10 Å². The molecule has 2 aromatic carbocycles. The van der Waals surface area contributed by atoms with Crippen LogP contribution in [0.4, 0.5) is 16.3 Å². The number of nitrogens with one attached hydrogen (secondary N) is 1. The molecule has 1 N–H and O–H groups in total. The Kier molecular flexibility index (Phi) is 8.59. The van der Waals surface area contributed by atoms with Gasteiger partial charge in [-0.25, -0.2) is 14.8 Å². The molecule has 0 saturated heterocycles. The fraction of sp³-hybridized carbons (Fsp3) is 0.156. The topological polar surface area (TPSA) is 171 Å². The van der Waals surface area contributed by atoms with Gasteiger partial charge in [0, 0.05) is 67.1 Å². The molecule has 4 aromatic heterocycles. The number of pyridine rings is 1. The number of nitrogens with zero attached hydrogens (tertiary/aromatic N) is 7. The van der Waals surface area contributed by atoms with Gasteiger partial charge in [0.2, 0.25) is 0 Å². The van der Waals surface area contributed by atoms with E-state index in [0.717, 1.165) is 22.2 Å². The van der Waals surface area contributed by atoms with E-state index >= 15 is 0 Å². The molecule has 6 aromatic rings. The minimum atomic E-state index is -0.968. The van der Waals surface area contributed by atoms with Gasteiger partial charge in [-0.15, -0.1) is 0 Å². The highest BCUT2D eigenvalue weighted by molar-refractivity contribution is 6.01. The average Bonchev–Trinajstić information content (AvgIpc) is 3.70. The third kappa shape index (κ3) is 6.63. The average molecular weight is 637 g/mol. The molecule has 238 valence electrons. The molecule has 0 aliphatic heterocycles. The van der Waals surface area contributed by atoms with E-state index < -0.39 is 11.1 Å². The molecule has 0 aliphatic rings. The molecule has 15 nitrogen and oxygen atoms in total. The van der Waals surface area contributed by atoms with E-state index in [1.54, 1.807) is 31.3 Å². The third-order valence-electron chi connectivity index (χ3n) is 7.18. The first kappa shape index (κ1) is 30.5. The van der Waals surface area contributed by atoms with Crippen LogP contribution in [0.25, 0.3) is 28.0 Å². The minimum absolute atomic E-state index is 0.114. The van der Waals surface area contributed by atoms with Crippen molar-refractivity contribution in [2.24, 2.45) is 7.05 Å². The van der Waals surface area contributed by atoms with Gasteiger partial charge in [0.15, 0.2) is 5.65 Å². The molecular formula is C32H28N8O7. The molecule has 0 radical (unpaired) electrons. The number of methoxy groups -OCH3 is 2. The molecule has 47 heavy (non-hydrogen) atoms. The van der Waals surface area contributed by atoms with Crippen LogP contribution in [0, 0.1) is 10.1 Å². The Bertz CT molecular complexity index is 2070. The predicted molar refractivity (Wildman–Crippen MR) is 170 cm³/mol. The van der Waals surface area contributed by atoms with Crippen molar-refractivity contribution in [3.8, 4) is 34.2 Å². The summed E-state index contributed by atoms with van der Waals surface area (Å²) in [7, 11) is 5.05. The molecule has 0 unspecified atom stereocenters. The fourth-order valence-corrected chi connectivity index (χ4v) is 4.91. The highest BCUT2D eigenvalue weighted by Gasteiger charge is 2.20. The maximum absolute atomic E-state index is 12.3. The van der Waals surface area contributed by atoms with Crippen LogP contribution in [0.3, 0.4) is 0 Å². The van der Waals surface area contributed by atoms with Crippen molar-refractivity contribution in [3.63, 3.8) is 0 Å². The monoisotopic (exact) mass is 636 g/mol. The number of carbonyl (C=O) groups is 1. The number of aryl methyl sites for hydroxylation is 1. The summed E-state index contributed by atoms with van der Waals surface area (Å²) in [6.07, 6.45) is 7.50. The van der Waals surface area contributed by atoms with Crippen molar-refractivity contribution in [1.82, 2.24) is 29.3 Å². The van der Waals surface area contributed by atoms with Gasteiger partial charge in [0.05, 0.1) is 42.1 Å². The van der Waals surface area contributed by atoms with Gasteiger partial charge in [-0.1, -0.05) is 0 Å². The van der Waals surface area contributed by atoms with Crippen molar-refractivity contribution in [2.75, 3.05) is 19.5 Å². The molecule has 6 rings (SSSR count). The Hall–Kier alpha value is -6.51. The summed E-state index contributed by atoms with van der Waals surface area (Å²) in [6, 6.07) is 14.4. The number of ether oxygens (including phenoxy) is 4. The zero-order valence-electron chi connectivity index (χ0n) is 25.5. The molecule has 0 aliphatic carbocycles. The van der Waals surface area contributed by atoms with E-state index in [2.05, 4.69) is 25.4 Å². The van der Waals surface area contributed by atoms with Gasteiger partial charge in [-0.3, -0.25) is 24.3 Å². The van der Waals surface area contributed by atoms with Gasteiger partial charge in [0.1, 0.15) is 36.0 Å². The number of carbonyl (C=O) groups excluding carboxylic acids is 1. The van der Waals surface area contributed by atoms with Crippen molar-refractivity contribution in [3.05, 3.63) is 107 Å². The largest absolute Gasteiger partial charge is 0.514 e. The standard InChI is InChI=1S/C32H28N8O7/c1-38-11-10-27(37-38)26-17-39(31-29(26)30(35-19-36-31)34-15-21-4-7-25(44-2)13-28(21)45-3)23-12-20(14-33-16-23)18-46-32(41)47-24-8-5-22(6-9-24)40(42)43/h4-14,16-17,19H,15,18H2,1-3H3,(H,34,35,36). The summed E-state index contributed by atoms with van der Waals surface area (Å²) in [6.45, 7) is 0.279. The minimum Gasteiger partial charge on any atom is -0.497 e. The molecule has 15 heteroatoms. The van der Waals surface area contributed by atoms with Crippen LogP contribution < -0.4 is 19.5 Å². The van der Waals surface area contributed by atoms with Gasteiger partial charge in [0.25, 0.3) is 5.69 Å². The molecule has 4 heterocycles.